The van der Waals surface area contributed by atoms with E-state index in [1.807, 2.05) is 20.8 Å². The van der Waals surface area contributed by atoms with Crippen LogP contribution in [0.5, 0.6) is 0 Å². The Balaban J connectivity index is 2.64. The monoisotopic (exact) mass is 266 g/mol. The minimum Gasteiger partial charge on any atom is -0.480 e. The summed E-state index contributed by atoms with van der Waals surface area (Å²) in [5.74, 6) is -1.63. The van der Waals surface area contributed by atoms with Crippen molar-refractivity contribution >= 4 is 11.9 Å². The zero-order valence-electron chi connectivity index (χ0n) is 11.2. The number of carboxylic acids is 1. The number of pyridine rings is 1. The molecule has 0 aliphatic carbocycles. The van der Waals surface area contributed by atoms with E-state index in [1.54, 1.807) is 12.1 Å². The van der Waals surface area contributed by atoms with Gasteiger partial charge in [-0.3, -0.25) is 9.78 Å². The van der Waals surface area contributed by atoms with Crippen LogP contribution in [0, 0.1) is 0 Å². The minimum absolute atomic E-state index is 0.0924. The Morgan fingerprint density at radius 1 is 1.47 bits per heavy atom. The quantitative estimate of drug-likeness (QED) is 0.832. The fourth-order valence-electron chi connectivity index (χ4n) is 1.25. The maximum absolute atomic E-state index is 11.8. The van der Waals surface area contributed by atoms with E-state index in [1.165, 1.54) is 12.4 Å². The van der Waals surface area contributed by atoms with Crippen molar-refractivity contribution in [1.29, 1.82) is 0 Å². The van der Waals surface area contributed by atoms with Crippen molar-refractivity contribution < 1.29 is 19.4 Å². The van der Waals surface area contributed by atoms with Crippen molar-refractivity contribution in [2.45, 2.75) is 32.4 Å². The maximum atomic E-state index is 11.8. The van der Waals surface area contributed by atoms with E-state index in [0.717, 1.165) is 0 Å². The molecule has 1 unspecified atom stereocenters. The summed E-state index contributed by atoms with van der Waals surface area (Å²) in [5, 5.41) is 11.5. The summed E-state index contributed by atoms with van der Waals surface area (Å²) in [7, 11) is 0. The van der Waals surface area contributed by atoms with E-state index in [-0.39, 0.29) is 6.61 Å². The second kappa shape index (κ2) is 6.29. The standard InChI is InChI=1S/C13H18N2O4/c1-13(2,3)19-8-10(12(17)18)15-11(16)9-5-4-6-14-7-9/h4-7,10H,8H2,1-3H3,(H,15,16)(H,17,18). The third kappa shape index (κ3) is 5.48. The first-order valence-corrected chi connectivity index (χ1v) is 5.87. The molecule has 104 valence electrons. The molecule has 0 saturated heterocycles. The van der Waals surface area contributed by atoms with E-state index < -0.39 is 23.5 Å². The molecule has 0 fully saturated rings. The number of carboxylic acid groups (broad SMARTS) is 1. The maximum Gasteiger partial charge on any atom is 0.328 e. The molecule has 6 heteroatoms. The van der Waals surface area contributed by atoms with E-state index in [9.17, 15) is 9.59 Å². The molecule has 0 aromatic carbocycles. The van der Waals surface area contributed by atoms with Crippen molar-refractivity contribution in [2.75, 3.05) is 6.61 Å². The SMILES string of the molecule is CC(C)(C)OCC(NC(=O)c1cccnc1)C(=O)O. The predicted molar refractivity (Wildman–Crippen MR) is 68.8 cm³/mol. The Labute approximate surface area is 111 Å². The molecule has 1 aromatic heterocycles. The van der Waals surface area contributed by atoms with Gasteiger partial charge in [-0.2, -0.15) is 0 Å². The molecule has 0 aliphatic heterocycles. The van der Waals surface area contributed by atoms with Gasteiger partial charge in [-0.1, -0.05) is 0 Å². The van der Waals surface area contributed by atoms with Crippen LogP contribution in [-0.2, 0) is 9.53 Å². The van der Waals surface area contributed by atoms with Crippen molar-refractivity contribution in [3.05, 3.63) is 30.1 Å². The molecule has 1 rings (SSSR count). The second-order valence-corrected chi connectivity index (χ2v) is 5.03. The molecule has 1 amide bonds. The normalized spacial score (nSPS) is 12.8. The van der Waals surface area contributed by atoms with Crippen molar-refractivity contribution in [1.82, 2.24) is 10.3 Å². The molecular formula is C13H18N2O4. The summed E-state index contributed by atoms with van der Waals surface area (Å²) in [6.07, 6.45) is 2.91. The van der Waals surface area contributed by atoms with E-state index >= 15 is 0 Å². The van der Waals surface area contributed by atoms with Crippen LogP contribution in [0.4, 0.5) is 0 Å². The lowest BCUT2D eigenvalue weighted by molar-refractivity contribution is -0.142. The topological polar surface area (TPSA) is 88.5 Å². The highest BCUT2D eigenvalue weighted by atomic mass is 16.5. The Hall–Kier alpha value is -1.95. The van der Waals surface area contributed by atoms with Gasteiger partial charge in [-0.15, -0.1) is 0 Å². The smallest absolute Gasteiger partial charge is 0.328 e. The molecular weight excluding hydrogens is 248 g/mol. The van der Waals surface area contributed by atoms with Gasteiger partial charge in [0.25, 0.3) is 5.91 Å². The van der Waals surface area contributed by atoms with Gasteiger partial charge in [0.15, 0.2) is 6.04 Å². The molecule has 0 spiro atoms. The van der Waals surface area contributed by atoms with Crippen LogP contribution in [0.15, 0.2) is 24.5 Å². The van der Waals surface area contributed by atoms with Gasteiger partial charge >= 0.3 is 5.97 Å². The summed E-state index contributed by atoms with van der Waals surface area (Å²) in [6, 6.07) is 2.08. The van der Waals surface area contributed by atoms with Crippen molar-refractivity contribution in [3.63, 3.8) is 0 Å². The number of amides is 1. The largest absolute Gasteiger partial charge is 0.480 e. The number of carbonyl (C=O) groups excluding carboxylic acids is 1. The molecule has 1 aromatic rings. The summed E-state index contributed by atoms with van der Waals surface area (Å²) in [5.41, 5.74) is -0.156. The lowest BCUT2D eigenvalue weighted by atomic mass is 10.2. The molecule has 2 N–H and O–H groups in total. The Kier molecular flexibility index (Phi) is 5.00. The number of ether oxygens (including phenoxy) is 1. The average Bonchev–Trinajstić information content (AvgIpc) is 2.33. The number of rotatable bonds is 5. The fraction of sp³-hybridized carbons (Fsp3) is 0.462. The molecule has 0 aliphatic rings. The van der Waals surface area contributed by atoms with Crippen LogP contribution in [0.25, 0.3) is 0 Å². The van der Waals surface area contributed by atoms with Crippen LogP contribution in [0.3, 0.4) is 0 Å². The molecule has 1 heterocycles. The third-order valence-electron chi connectivity index (χ3n) is 2.21. The van der Waals surface area contributed by atoms with Gasteiger partial charge in [-0.25, -0.2) is 4.79 Å². The highest BCUT2D eigenvalue weighted by molar-refractivity contribution is 5.96. The van der Waals surface area contributed by atoms with Crippen LogP contribution < -0.4 is 5.32 Å². The predicted octanol–water partition coefficient (Wildman–Crippen LogP) is 1.08. The van der Waals surface area contributed by atoms with Crippen molar-refractivity contribution in [2.24, 2.45) is 0 Å². The van der Waals surface area contributed by atoms with Crippen molar-refractivity contribution in [3.8, 4) is 0 Å². The van der Waals surface area contributed by atoms with Gasteiger partial charge < -0.3 is 15.2 Å². The number of aromatic nitrogens is 1. The fourth-order valence-corrected chi connectivity index (χ4v) is 1.25. The molecule has 1 atom stereocenters. The summed E-state index contributed by atoms with van der Waals surface area (Å²) < 4.78 is 5.38. The number of nitrogens with one attached hydrogen (secondary N) is 1. The summed E-state index contributed by atoms with van der Waals surface area (Å²) >= 11 is 0. The molecule has 0 bridgehead atoms. The minimum atomic E-state index is -1.14. The number of carbonyl (C=O) groups is 2. The lowest BCUT2D eigenvalue weighted by Crippen LogP contribution is -2.45. The van der Waals surface area contributed by atoms with Crippen LogP contribution >= 0.6 is 0 Å². The Morgan fingerprint density at radius 2 is 2.16 bits per heavy atom. The number of aliphatic carboxylic acids is 1. The third-order valence-corrected chi connectivity index (χ3v) is 2.21. The first-order valence-electron chi connectivity index (χ1n) is 5.87. The van der Waals surface area contributed by atoms with E-state index in [0.29, 0.717) is 5.56 Å². The van der Waals surface area contributed by atoms with E-state index in [4.69, 9.17) is 9.84 Å². The number of nitrogens with zero attached hydrogens (tertiary/aromatic N) is 1. The first kappa shape index (κ1) is 15.1. The average molecular weight is 266 g/mol. The molecule has 6 nitrogen and oxygen atoms in total. The van der Waals surface area contributed by atoms with E-state index in [2.05, 4.69) is 10.3 Å². The molecule has 0 radical (unpaired) electrons. The second-order valence-electron chi connectivity index (χ2n) is 5.03. The van der Waals surface area contributed by atoms with Gasteiger partial charge in [0.2, 0.25) is 0 Å². The number of hydrogen-bond acceptors (Lipinski definition) is 4. The zero-order chi connectivity index (χ0) is 14.5. The van der Waals surface area contributed by atoms with Crippen LogP contribution in [-0.4, -0.2) is 40.2 Å². The van der Waals surface area contributed by atoms with Gasteiger partial charge in [0, 0.05) is 12.4 Å². The lowest BCUT2D eigenvalue weighted by Gasteiger charge is -2.23. The molecule has 19 heavy (non-hydrogen) atoms. The van der Waals surface area contributed by atoms with Gasteiger partial charge in [-0.05, 0) is 32.9 Å². The highest BCUT2D eigenvalue weighted by Gasteiger charge is 2.23. The highest BCUT2D eigenvalue weighted by Crippen LogP contribution is 2.07. The van der Waals surface area contributed by atoms with Gasteiger partial charge in [0.1, 0.15) is 0 Å². The Morgan fingerprint density at radius 3 is 2.63 bits per heavy atom. The number of hydrogen-bond donors (Lipinski definition) is 2. The zero-order valence-corrected chi connectivity index (χ0v) is 11.2. The van der Waals surface area contributed by atoms with Crippen LogP contribution in [0.1, 0.15) is 31.1 Å². The Bertz CT molecular complexity index is 440. The summed E-state index contributed by atoms with van der Waals surface area (Å²) in [4.78, 5) is 26.7. The summed E-state index contributed by atoms with van der Waals surface area (Å²) in [6.45, 7) is 5.35. The first-order chi connectivity index (χ1) is 8.79. The van der Waals surface area contributed by atoms with Gasteiger partial charge in [0.05, 0.1) is 17.8 Å². The molecule has 0 saturated carbocycles. The van der Waals surface area contributed by atoms with Crippen LogP contribution in [0.2, 0.25) is 0 Å².